The summed E-state index contributed by atoms with van der Waals surface area (Å²) < 4.78 is 5.17. The fourth-order valence-electron chi connectivity index (χ4n) is 1.37. The van der Waals surface area contributed by atoms with Crippen LogP contribution in [0.5, 0.6) is 5.75 Å². The van der Waals surface area contributed by atoms with Crippen molar-refractivity contribution < 1.29 is 4.74 Å². The van der Waals surface area contributed by atoms with Crippen LogP contribution in [0.25, 0.3) is 11.4 Å². The Morgan fingerprint density at radius 1 is 1.38 bits per heavy atom. The third-order valence-corrected chi connectivity index (χ3v) is 2.32. The number of H-pyrrole nitrogens is 1. The summed E-state index contributed by atoms with van der Waals surface area (Å²) in [6.45, 7) is 0. The molecule has 0 aliphatic rings. The zero-order chi connectivity index (χ0) is 11.5. The van der Waals surface area contributed by atoms with Crippen LogP contribution in [0, 0.1) is 0 Å². The van der Waals surface area contributed by atoms with Gasteiger partial charge in [-0.25, -0.2) is 4.98 Å². The molecule has 4 nitrogen and oxygen atoms in total. The molecule has 82 valence electrons. The van der Waals surface area contributed by atoms with Gasteiger partial charge in [-0.15, -0.1) is 0 Å². The number of nitrogens with one attached hydrogen (secondary N) is 1. The molecule has 1 aromatic heterocycles. The molecule has 1 heterocycles. The Morgan fingerprint density at radius 2 is 2.19 bits per heavy atom. The van der Waals surface area contributed by atoms with Gasteiger partial charge in [0.05, 0.1) is 12.7 Å². The van der Waals surface area contributed by atoms with Gasteiger partial charge in [-0.1, -0.05) is 11.6 Å². The van der Waals surface area contributed by atoms with Crippen molar-refractivity contribution in [3.63, 3.8) is 0 Å². The predicted octanol–water partition coefficient (Wildman–Crippen LogP) is 2.10. The van der Waals surface area contributed by atoms with Crippen LogP contribution in [0.15, 0.2) is 35.3 Å². The van der Waals surface area contributed by atoms with Gasteiger partial charge in [0, 0.05) is 17.3 Å². The average Bonchev–Trinajstić information content (AvgIpc) is 2.28. The standard InChI is InChI=1S/C11H9ClN2O2/c1-16-9-6-7(12)2-3-8(9)11-13-5-4-10(15)14-11/h2-6H,1H3,(H,13,14,15). The maximum atomic E-state index is 11.2. The van der Waals surface area contributed by atoms with Crippen LogP contribution in [-0.4, -0.2) is 17.1 Å². The van der Waals surface area contributed by atoms with Gasteiger partial charge < -0.3 is 9.72 Å². The highest BCUT2D eigenvalue weighted by molar-refractivity contribution is 6.30. The van der Waals surface area contributed by atoms with Crippen molar-refractivity contribution in [2.75, 3.05) is 7.11 Å². The highest BCUT2D eigenvalue weighted by Crippen LogP contribution is 2.29. The van der Waals surface area contributed by atoms with Crippen molar-refractivity contribution in [2.24, 2.45) is 0 Å². The smallest absolute Gasteiger partial charge is 0.251 e. The Hall–Kier alpha value is -1.81. The molecule has 0 amide bonds. The van der Waals surface area contributed by atoms with E-state index < -0.39 is 0 Å². The number of rotatable bonds is 2. The van der Waals surface area contributed by atoms with Crippen LogP contribution >= 0.6 is 11.6 Å². The largest absolute Gasteiger partial charge is 0.496 e. The van der Waals surface area contributed by atoms with Crippen molar-refractivity contribution in [3.8, 4) is 17.1 Å². The molecule has 2 rings (SSSR count). The minimum Gasteiger partial charge on any atom is -0.496 e. The summed E-state index contributed by atoms with van der Waals surface area (Å²) in [6.07, 6.45) is 1.45. The summed E-state index contributed by atoms with van der Waals surface area (Å²) in [4.78, 5) is 17.9. The number of hydrogen-bond acceptors (Lipinski definition) is 3. The van der Waals surface area contributed by atoms with Crippen molar-refractivity contribution in [3.05, 3.63) is 45.8 Å². The highest BCUT2D eigenvalue weighted by atomic mass is 35.5. The summed E-state index contributed by atoms with van der Waals surface area (Å²) in [5.74, 6) is 1.03. The SMILES string of the molecule is COc1cc(Cl)ccc1-c1nccc(=O)[nH]1. The van der Waals surface area contributed by atoms with Crippen LogP contribution < -0.4 is 10.3 Å². The van der Waals surface area contributed by atoms with Crippen molar-refractivity contribution in [1.82, 2.24) is 9.97 Å². The predicted molar refractivity (Wildman–Crippen MR) is 61.9 cm³/mol. The molecule has 16 heavy (non-hydrogen) atoms. The van der Waals surface area contributed by atoms with Gasteiger partial charge in [0.25, 0.3) is 5.56 Å². The molecule has 0 radical (unpaired) electrons. The Kier molecular flexibility index (Phi) is 2.92. The van der Waals surface area contributed by atoms with Gasteiger partial charge >= 0.3 is 0 Å². The minimum absolute atomic E-state index is 0.206. The van der Waals surface area contributed by atoms with Crippen molar-refractivity contribution in [1.29, 1.82) is 0 Å². The number of halogens is 1. The van der Waals surface area contributed by atoms with Gasteiger partial charge in [-0.2, -0.15) is 0 Å². The number of ether oxygens (including phenoxy) is 1. The van der Waals surface area contributed by atoms with Gasteiger partial charge in [-0.05, 0) is 18.2 Å². The Balaban J connectivity index is 2.59. The Labute approximate surface area is 96.9 Å². The summed E-state index contributed by atoms with van der Waals surface area (Å²) in [6, 6.07) is 6.49. The van der Waals surface area contributed by atoms with Crippen LogP contribution in [0.1, 0.15) is 0 Å². The summed E-state index contributed by atoms with van der Waals surface area (Å²) >= 11 is 5.84. The van der Waals surface area contributed by atoms with Gasteiger partial charge in [0.15, 0.2) is 0 Å². The number of aromatic amines is 1. The third-order valence-electron chi connectivity index (χ3n) is 2.09. The van der Waals surface area contributed by atoms with E-state index in [1.54, 1.807) is 18.2 Å². The molecule has 0 fully saturated rings. The molecule has 0 atom stereocenters. The minimum atomic E-state index is -0.206. The zero-order valence-corrected chi connectivity index (χ0v) is 9.28. The van der Waals surface area contributed by atoms with E-state index in [0.29, 0.717) is 22.2 Å². The maximum absolute atomic E-state index is 11.2. The molecular formula is C11H9ClN2O2. The number of methoxy groups -OCH3 is 1. The molecule has 0 bridgehead atoms. The first-order valence-corrected chi connectivity index (χ1v) is 4.98. The van der Waals surface area contributed by atoms with E-state index >= 15 is 0 Å². The molecule has 0 aliphatic carbocycles. The lowest BCUT2D eigenvalue weighted by atomic mass is 10.2. The van der Waals surface area contributed by atoms with Gasteiger partial charge in [0.2, 0.25) is 0 Å². The quantitative estimate of drug-likeness (QED) is 0.869. The topological polar surface area (TPSA) is 55.0 Å². The van der Waals surface area contributed by atoms with E-state index in [4.69, 9.17) is 16.3 Å². The molecule has 2 aromatic rings. The molecule has 1 N–H and O–H groups in total. The van der Waals surface area contributed by atoms with Gasteiger partial charge in [0.1, 0.15) is 11.6 Å². The molecule has 0 aliphatic heterocycles. The van der Waals surface area contributed by atoms with Crippen molar-refractivity contribution >= 4 is 11.6 Å². The number of hydrogen-bond donors (Lipinski definition) is 1. The van der Waals surface area contributed by atoms with Gasteiger partial charge in [-0.3, -0.25) is 4.79 Å². The van der Waals surface area contributed by atoms with Crippen LogP contribution in [0.2, 0.25) is 5.02 Å². The zero-order valence-electron chi connectivity index (χ0n) is 8.53. The molecule has 1 aromatic carbocycles. The first-order chi connectivity index (χ1) is 7.70. The Morgan fingerprint density at radius 3 is 2.88 bits per heavy atom. The second-order valence-corrected chi connectivity index (χ2v) is 3.56. The first-order valence-electron chi connectivity index (χ1n) is 4.60. The third kappa shape index (κ3) is 2.06. The average molecular weight is 237 g/mol. The molecule has 0 saturated carbocycles. The number of aromatic nitrogens is 2. The highest BCUT2D eigenvalue weighted by Gasteiger charge is 2.08. The van der Waals surface area contributed by atoms with Crippen LogP contribution in [0.4, 0.5) is 0 Å². The van der Waals surface area contributed by atoms with E-state index in [2.05, 4.69) is 9.97 Å². The lowest BCUT2D eigenvalue weighted by molar-refractivity contribution is 0.416. The lowest BCUT2D eigenvalue weighted by Crippen LogP contribution is -2.06. The number of nitrogens with zero attached hydrogens (tertiary/aromatic N) is 1. The summed E-state index contributed by atoms with van der Waals surface area (Å²) in [5, 5.41) is 0.568. The van der Waals surface area contributed by atoms with Crippen LogP contribution in [-0.2, 0) is 0 Å². The lowest BCUT2D eigenvalue weighted by Gasteiger charge is -2.07. The van der Waals surface area contributed by atoms with Crippen molar-refractivity contribution in [2.45, 2.75) is 0 Å². The molecule has 0 spiro atoms. The maximum Gasteiger partial charge on any atom is 0.251 e. The Bertz CT molecular complexity index is 566. The summed E-state index contributed by atoms with van der Waals surface area (Å²) in [5.41, 5.74) is 0.492. The molecule has 0 unspecified atom stereocenters. The molecular weight excluding hydrogens is 228 g/mol. The fraction of sp³-hybridized carbons (Fsp3) is 0.0909. The first kappa shape index (κ1) is 10.7. The molecule has 5 heteroatoms. The molecule has 0 saturated heterocycles. The van der Waals surface area contributed by atoms with E-state index in [0.717, 1.165) is 0 Å². The van der Waals surface area contributed by atoms with E-state index in [9.17, 15) is 4.79 Å². The second kappa shape index (κ2) is 4.37. The van der Waals surface area contributed by atoms with E-state index in [1.165, 1.54) is 19.4 Å². The van der Waals surface area contributed by atoms with Crippen LogP contribution in [0.3, 0.4) is 0 Å². The van der Waals surface area contributed by atoms with E-state index in [-0.39, 0.29) is 5.56 Å². The number of benzene rings is 1. The summed E-state index contributed by atoms with van der Waals surface area (Å²) in [7, 11) is 1.54. The van der Waals surface area contributed by atoms with E-state index in [1.807, 2.05) is 0 Å². The monoisotopic (exact) mass is 236 g/mol. The normalized spacial score (nSPS) is 10.1. The fourth-order valence-corrected chi connectivity index (χ4v) is 1.53. The second-order valence-electron chi connectivity index (χ2n) is 3.13.